The van der Waals surface area contributed by atoms with Crippen LogP contribution in [0.15, 0.2) is 0 Å². The molecule has 2 saturated heterocycles. The van der Waals surface area contributed by atoms with Gasteiger partial charge in [-0.15, -0.1) is 0 Å². The van der Waals surface area contributed by atoms with E-state index in [1.165, 1.54) is 0 Å². The van der Waals surface area contributed by atoms with E-state index in [9.17, 15) is 9.59 Å². The van der Waals surface area contributed by atoms with Gasteiger partial charge in [0.1, 0.15) is 11.6 Å². The Morgan fingerprint density at radius 3 is 2.79 bits per heavy atom. The van der Waals surface area contributed by atoms with Gasteiger partial charge in [-0.2, -0.15) is 0 Å². The minimum Gasteiger partial charge on any atom is -0.381 e. The summed E-state index contributed by atoms with van der Waals surface area (Å²) < 4.78 is 5.35. The fourth-order valence-corrected chi connectivity index (χ4v) is 2.73. The van der Waals surface area contributed by atoms with E-state index in [0.717, 1.165) is 26.1 Å². The number of nitrogens with one attached hydrogen (secondary N) is 1. The molecule has 0 aromatic heterocycles. The minimum absolute atomic E-state index is 0.0426. The Morgan fingerprint density at radius 1 is 1.47 bits per heavy atom. The number of carbonyl (C=O) groups is 2. The van der Waals surface area contributed by atoms with Crippen LogP contribution in [0.1, 0.15) is 40.0 Å². The molecule has 108 valence electrons. The number of rotatable bonds is 4. The molecule has 0 saturated carbocycles. The van der Waals surface area contributed by atoms with E-state index in [2.05, 4.69) is 5.32 Å². The summed E-state index contributed by atoms with van der Waals surface area (Å²) >= 11 is 0. The maximum atomic E-state index is 12.5. The third-order valence-electron chi connectivity index (χ3n) is 4.49. The molecule has 2 aliphatic rings. The molecule has 2 aliphatic heterocycles. The second-order valence-electron chi connectivity index (χ2n) is 5.87. The summed E-state index contributed by atoms with van der Waals surface area (Å²) in [5.41, 5.74) is -0.740. The van der Waals surface area contributed by atoms with Gasteiger partial charge in [0.15, 0.2) is 0 Å². The van der Waals surface area contributed by atoms with Gasteiger partial charge >= 0.3 is 0 Å². The molecule has 0 bridgehead atoms. The molecule has 0 aromatic carbocycles. The maximum absolute atomic E-state index is 12.5. The molecule has 0 radical (unpaired) electrons. The highest BCUT2D eigenvalue weighted by atomic mass is 16.5. The van der Waals surface area contributed by atoms with E-state index in [-0.39, 0.29) is 17.9 Å². The molecule has 3 atom stereocenters. The SMILES string of the molecule is CCC1(C)NC(=O)C(C)N(CCC2CCOC2)C1=O. The second-order valence-corrected chi connectivity index (χ2v) is 5.87. The number of amides is 2. The molecule has 5 heteroatoms. The molecule has 19 heavy (non-hydrogen) atoms. The Labute approximate surface area is 114 Å². The Balaban J connectivity index is 2.02. The summed E-state index contributed by atoms with van der Waals surface area (Å²) in [5, 5.41) is 2.85. The summed E-state index contributed by atoms with van der Waals surface area (Å²) in [6.07, 6.45) is 2.60. The summed E-state index contributed by atoms with van der Waals surface area (Å²) in [5.74, 6) is 0.519. The molecule has 2 amide bonds. The monoisotopic (exact) mass is 268 g/mol. The second kappa shape index (κ2) is 5.49. The van der Waals surface area contributed by atoms with Crippen molar-refractivity contribution in [1.82, 2.24) is 10.2 Å². The van der Waals surface area contributed by atoms with Gasteiger partial charge in [-0.3, -0.25) is 9.59 Å². The standard InChI is InChI=1S/C14H24N2O3/c1-4-14(3)13(18)16(10(2)12(17)15-14)7-5-11-6-8-19-9-11/h10-11H,4-9H2,1-3H3,(H,15,17). The molecule has 0 aliphatic carbocycles. The molecular weight excluding hydrogens is 244 g/mol. The largest absolute Gasteiger partial charge is 0.381 e. The number of piperazine rings is 1. The first-order chi connectivity index (χ1) is 8.98. The zero-order chi connectivity index (χ0) is 14.0. The Kier molecular flexibility index (Phi) is 4.13. The fraction of sp³-hybridized carbons (Fsp3) is 0.857. The Morgan fingerprint density at radius 2 is 2.21 bits per heavy atom. The van der Waals surface area contributed by atoms with Crippen molar-refractivity contribution in [1.29, 1.82) is 0 Å². The van der Waals surface area contributed by atoms with Crippen LogP contribution in [0, 0.1) is 5.92 Å². The quantitative estimate of drug-likeness (QED) is 0.825. The van der Waals surface area contributed by atoms with E-state index in [1.807, 2.05) is 13.8 Å². The van der Waals surface area contributed by atoms with Crippen molar-refractivity contribution in [2.24, 2.45) is 5.92 Å². The predicted octanol–water partition coefficient (Wildman–Crippen LogP) is 0.929. The summed E-state index contributed by atoms with van der Waals surface area (Å²) in [7, 11) is 0. The summed E-state index contributed by atoms with van der Waals surface area (Å²) in [6, 6.07) is -0.366. The van der Waals surface area contributed by atoms with Crippen LogP contribution in [-0.2, 0) is 14.3 Å². The van der Waals surface area contributed by atoms with E-state index in [0.29, 0.717) is 18.9 Å². The molecule has 0 aromatic rings. The van der Waals surface area contributed by atoms with Crippen molar-refractivity contribution < 1.29 is 14.3 Å². The number of nitrogens with zero attached hydrogens (tertiary/aromatic N) is 1. The van der Waals surface area contributed by atoms with Crippen LogP contribution in [0.3, 0.4) is 0 Å². The number of hydrogen-bond acceptors (Lipinski definition) is 3. The fourth-order valence-electron chi connectivity index (χ4n) is 2.73. The predicted molar refractivity (Wildman–Crippen MR) is 71.6 cm³/mol. The van der Waals surface area contributed by atoms with Gasteiger partial charge in [0.25, 0.3) is 0 Å². The lowest BCUT2D eigenvalue weighted by atomic mass is 9.91. The van der Waals surface area contributed by atoms with Crippen LogP contribution in [0.4, 0.5) is 0 Å². The van der Waals surface area contributed by atoms with Crippen molar-refractivity contribution >= 4 is 11.8 Å². The van der Waals surface area contributed by atoms with E-state index in [1.54, 1.807) is 11.8 Å². The first kappa shape index (κ1) is 14.3. The first-order valence-corrected chi connectivity index (χ1v) is 7.19. The number of ether oxygens (including phenoxy) is 1. The van der Waals surface area contributed by atoms with Crippen LogP contribution in [0.2, 0.25) is 0 Å². The molecule has 2 heterocycles. The molecular formula is C14H24N2O3. The van der Waals surface area contributed by atoms with Crippen LogP contribution in [0.25, 0.3) is 0 Å². The Hall–Kier alpha value is -1.10. The molecule has 0 spiro atoms. The highest BCUT2D eigenvalue weighted by Crippen LogP contribution is 2.23. The first-order valence-electron chi connectivity index (χ1n) is 7.19. The molecule has 2 rings (SSSR count). The average Bonchev–Trinajstić information content (AvgIpc) is 2.90. The third kappa shape index (κ3) is 2.76. The smallest absolute Gasteiger partial charge is 0.248 e. The molecule has 2 fully saturated rings. The average molecular weight is 268 g/mol. The summed E-state index contributed by atoms with van der Waals surface area (Å²) in [6.45, 7) is 7.79. The molecule has 3 unspecified atom stereocenters. The van der Waals surface area contributed by atoms with E-state index in [4.69, 9.17) is 4.74 Å². The maximum Gasteiger partial charge on any atom is 0.248 e. The van der Waals surface area contributed by atoms with Crippen LogP contribution in [-0.4, -0.2) is 48.1 Å². The van der Waals surface area contributed by atoms with Gasteiger partial charge in [0.05, 0.1) is 0 Å². The van der Waals surface area contributed by atoms with Crippen LogP contribution in [0.5, 0.6) is 0 Å². The van der Waals surface area contributed by atoms with E-state index >= 15 is 0 Å². The van der Waals surface area contributed by atoms with Gasteiger partial charge in [0.2, 0.25) is 11.8 Å². The van der Waals surface area contributed by atoms with Crippen molar-refractivity contribution in [3.05, 3.63) is 0 Å². The topological polar surface area (TPSA) is 58.6 Å². The van der Waals surface area contributed by atoms with Crippen molar-refractivity contribution in [2.45, 2.75) is 51.6 Å². The summed E-state index contributed by atoms with van der Waals surface area (Å²) in [4.78, 5) is 26.2. The Bertz CT molecular complexity index is 366. The zero-order valence-corrected chi connectivity index (χ0v) is 12.1. The van der Waals surface area contributed by atoms with Gasteiger partial charge in [-0.25, -0.2) is 0 Å². The van der Waals surface area contributed by atoms with E-state index < -0.39 is 5.54 Å². The zero-order valence-electron chi connectivity index (χ0n) is 12.1. The van der Waals surface area contributed by atoms with Gasteiger partial charge in [-0.1, -0.05) is 6.92 Å². The highest BCUT2D eigenvalue weighted by Gasteiger charge is 2.45. The van der Waals surface area contributed by atoms with Crippen LogP contribution < -0.4 is 5.32 Å². The van der Waals surface area contributed by atoms with Crippen molar-refractivity contribution in [2.75, 3.05) is 19.8 Å². The van der Waals surface area contributed by atoms with Crippen molar-refractivity contribution in [3.63, 3.8) is 0 Å². The lowest BCUT2D eigenvalue weighted by Crippen LogP contribution is -2.68. The lowest BCUT2D eigenvalue weighted by molar-refractivity contribution is -0.153. The van der Waals surface area contributed by atoms with Crippen LogP contribution >= 0.6 is 0 Å². The number of carbonyl (C=O) groups excluding carboxylic acids is 2. The van der Waals surface area contributed by atoms with Crippen molar-refractivity contribution in [3.8, 4) is 0 Å². The van der Waals surface area contributed by atoms with Gasteiger partial charge in [0, 0.05) is 19.8 Å². The lowest BCUT2D eigenvalue weighted by Gasteiger charge is -2.43. The highest BCUT2D eigenvalue weighted by molar-refractivity contribution is 5.99. The normalized spacial score (nSPS) is 35.6. The minimum atomic E-state index is -0.740. The third-order valence-corrected chi connectivity index (χ3v) is 4.49. The molecule has 1 N–H and O–H groups in total. The number of hydrogen-bond donors (Lipinski definition) is 1. The molecule has 5 nitrogen and oxygen atoms in total. The van der Waals surface area contributed by atoms with Gasteiger partial charge in [-0.05, 0) is 39.0 Å². The van der Waals surface area contributed by atoms with Gasteiger partial charge < -0.3 is 15.0 Å².